The van der Waals surface area contributed by atoms with E-state index in [0.717, 1.165) is 34.6 Å². The first-order valence-corrected chi connectivity index (χ1v) is 15.0. The van der Waals surface area contributed by atoms with Crippen LogP contribution >= 0.6 is 12.2 Å². The molecule has 0 aliphatic carbocycles. The number of aromatic nitrogens is 2. The normalized spacial score (nSPS) is 16.9. The first kappa shape index (κ1) is 28.1. The first-order chi connectivity index (χ1) is 19.5. The van der Waals surface area contributed by atoms with Crippen molar-refractivity contribution in [2.45, 2.75) is 25.9 Å². The number of carbonyl (C=O) groups is 1. The number of nitrogens with one attached hydrogen (secondary N) is 2. The van der Waals surface area contributed by atoms with Gasteiger partial charge in [0.25, 0.3) is 0 Å². The number of carboxylic acids is 1. The molecule has 5 rings (SSSR count). The summed E-state index contributed by atoms with van der Waals surface area (Å²) in [6, 6.07) is 19.1. The van der Waals surface area contributed by atoms with Gasteiger partial charge >= 0.3 is 5.97 Å². The summed E-state index contributed by atoms with van der Waals surface area (Å²) in [6.45, 7) is 4.01. The number of aromatic carboxylic acids is 1. The molecule has 1 saturated heterocycles. The van der Waals surface area contributed by atoms with E-state index in [9.17, 15) is 18.3 Å². The standard InChI is InChI=1S/C29H29N5O5S2/c1-17-15-22(18(2)33(17)20-10-8-19(9-11-20)28(35)36)27-26(24-7-5-6-14-30-24)31-29(40)34(27)21-12-13-23(25(16-21)39-3)32-41(4,37)38/h5-16,26-27,32H,1-4H3,(H,31,40)(H,35,36)/t26-,27-/m1/s1. The number of benzene rings is 2. The Morgan fingerprint density at radius 2 is 1.78 bits per heavy atom. The van der Waals surface area contributed by atoms with Crippen molar-refractivity contribution >= 4 is 44.7 Å². The molecular weight excluding hydrogens is 562 g/mol. The molecule has 0 spiro atoms. The number of sulfonamides is 1. The van der Waals surface area contributed by atoms with E-state index in [4.69, 9.17) is 17.0 Å². The largest absolute Gasteiger partial charge is 0.494 e. The second-order valence-corrected chi connectivity index (χ2v) is 11.9. The van der Waals surface area contributed by atoms with E-state index in [1.165, 1.54) is 7.11 Å². The Balaban J connectivity index is 1.65. The summed E-state index contributed by atoms with van der Waals surface area (Å²) in [5.74, 6) is -0.634. The summed E-state index contributed by atoms with van der Waals surface area (Å²) in [5, 5.41) is 13.3. The Labute approximate surface area is 243 Å². The number of methoxy groups -OCH3 is 1. The smallest absolute Gasteiger partial charge is 0.335 e. The number of aryl methyl sites for hydroxylation is 1. The predicted molar refractivity (Wildman–Crippen MR) is 162 cm³/mol. The van der Waals surface area contributed by atoms with Crippen LogP contribution in [0.5, 0.6) is 5.75 Å². The number of pyridine rings is 1. The number of rotatable bonds is 8. The summed E-state index contributed by atoms with van der Waals surface area (Å²) >= 11 is 5.86. The second kappa shape index (κ2) is 10.9. The molecule has 1 aliphatic rings. The van der Waals surface area contributed by atoms with Crippen LogP contribution in [0.1, 0.15) is 45.1 Å². The molecule has 0 radical (unpaired) electrons. The van der Waals surface area contributed by atoms with E-state index in [0.29, 0.717) is 22.2 Å². The molecule has 2 aromatic carbocycles. The Kier molecular flexibility index (Phi) is 7.45. The molecule has 41 heavy (non-hydrogen) atoms. The van der Waals surface area contributed by atoms with Crippen LogP contribution in [-0.4, -0.2) is 47.5 Å². The zero-order valence-electron chi connectivity index (χ0n) is 22.8. The Morgan fingerprint density at radius 3 is 2.39 bits per heavy atom. The quantitative estimate of drug-likeness (QED) is 0.249. The van der Waals surface area contributed by atoms with Crippen LogP contribution in [0.2, 0.25) is 0 Å². The van der Waals surface area contributed by atoms with Crippen LogP contribution < -0.4 is 19.7 Å². The molecule has 3 heterocycles. The lowest BCUT2D eigenvalue weighted by molar-refractivity contribution is 0.0697. The van der Waals surface area contributed by atoms with E-state index in [1.54, 1.807) is 48.7 Å². The molecule has 2 atom stereocenters. The number of hydrogen-bond acceptors (Lipinski definition) is 6. The van der Waals surface area contributed by atoms with Gasteiger partial charge in [-0.05, 0) is 86.2 Å². The fourth-order valence-electron chi connectivity index (χ4n) is 5.30. The van der Waals surface area contributed by atoms with Crippen molar-refractivity contribution in [1.82, 2.24) is 14.9 Å². The van der Waals surface area contributed by atoms with Crippen molar-refractivity contribution < 1.29 is 23.1 Å². The zero-order valence-corrected chi connectivity index (χ0v) is 24.5. The predicted octanol–water partition coefficient (Wildman–Crippen LogP) is 4.74. The second-order valence-electron chi connectivity index (χ2n) is 9.77. The van der Waals surface area contributed by atoms with Crippen LogP contribution in [0.15, 0.2) is 72.9 Å². The van der Waals surface area contributed by atoms with Gasteiger partial charge < -0.3 is 24.6 Å². The van der Waals surface area contributed by atoms with Crippen molar-refractivity contribution in [3.63, 3.8) is 0 Å². The third-order valence-corrected chi connectivity index (χ3v) is 7.92. The minimum absolute atomic E-state index is 0.214. The maximum Gasteiger partial charge on any atom is 0.335 e. The lowest BCUT2D eigenvalue weighted by atomic mass is 9.96. The third kappa shape index (κ3) is 5.48. The van der Waals surface area contributed by atoms with Gasteiger partial charge in [-0.25, -0.2) is 13.2 Å². The first-order valence-electron chi connectivity index (χ1n) is 12.7. The van der Waals surface area contributed by atoms with Gasteiger partial charge in [-0.15, -0.1) is 0 Å². The van der Waals surface area contributed by atoms with Gasteiger partial charge in [-0.3, -0.25) is 9.71 Å². The molecule has 0 bridgehead atoms. The molecule has 1 aliphatic heterocycles. The minimum Gasteiger partial charge on any atom is -0.494 e. The number of carboxylic acid groups (broad SMARTS) is 1. The third-order valence-electron chi connectivity index (χ3n) is 7.02. The molecule has 0 amide bonds. The lowest BCUT2D eigenvalue weighted by Gasteiger charge is -2.29. The number of ether oxygens (including phenoxy) is 1. The highest BCUT2D eigenvalue weighted by molar-refractivity contribution is 7.92. The fraction of sp³-hybridized carbons (Fsp3) is 0.207. The molecule has 0 unspecified atom stereocenters. The molecule has 10 nitrogen and oxygen atoms in total. The van der Waals surface area contributed by atoms with Crippen LogP contribution in [0.25, 0.3) is 5.69 Å². The Hall–Kier alpha value is -4.42. The van der Waals surface area contributed by atoms with E-state index >= 15 is 0 Å². The highest BCUT2D eigenvalue weighted by atomic mass is 32.2. The van der Waals surface area contributed by atoms with E-state index in [-0.39, 0.29) is 17.6 Å². The summed E-state index contributed by atoms with van der Waals surface area (Å²) in [6.07, 6.45) is 2.82. The summed E-state index contributed by atoms with van der Waals surface area (Å²) in [5.41, 5.74) is 5.79. The molecular formula is C29H29N5O5S2. The van der Waals surface area contributed by atoms with Gasteiger partial charge in [-0.2, -0.15) is 0 Å². The topological polar surface area (TPSA) is 126 Å². The van der Waals surface area contributed by atoms with Gasteiger partial charge in [0.15, 0.2) is 5.11 Å². The highest BCUT2D eigenvalue weighted by Crippen LogP contribution is 2.45. The lowest BCUT2D eigenvalue weighted by Crippen LogP contribution is -2.29. The van der Waals surface area contributed by atoms with Crippen LogP contribution in [0.4, 0.5) is 11.4 Å². The van der Waals surface area contributed by atoms with Crippen molar-refractivity contribution in [2.24, 2.45) is 0 Å². The molecule has 12 heteroatoms. The number of thiocarbonyl (C=S) groups is 1. The molecule has 3 N–H and O–H groups in total. The van der Waals surface area contributed by atoms with Crippen molar-refractivity contribution in [3.8, 4) is 11.4 Å². The maximum absolute atomic E-state index is 11.9. The number of nitrogens with zero attached hydrogens (tertiary/aromatic N) is 3. The molecule has 0 saturated carbocycles. The maximum atomic E-state index is 11.9. The van der Waals surface area contributed by atoms with Gasteiger partial charge in [0.2, 0.25) is 10.0 Å². The van der Waals surface area contributed by atoms with Crippen LogP contribution in [0, 0.1) is 13.8 Å². The van der Waals surface area contributed by atoms with Gasteiger partial charge in [0.05, 0.1) is 42.4 Å². The molecule has 212 valence electrons. The Bertz CT molecular complexity index is 1740. The average molecular weight is 592 g/mol. The monoisotopic (exact) mass is 591 g/mol. The van der Waals surface area contributed by atoms with Crippen molar-refractivity contribution in [2.75, 3.05) is 23.0 Å². The molecule has 1 fully saturated rings. The summed E-state index contributed by atoms with van der Waals surface area (Å²) in [7, 11) is -2.04. The van der Waals surface area contributed by atoms with Gasteiger partial charge in [-0.1, -0.05) is 6.07 Å². The van der Waals surface area contributed by atoms with Crippen molar-refractivity contribution in [1.29, 1.82) is 0 Å². The minimum atomic E-state index is -3.52. The summed E-state index contributed by atoms with van der Waals surface area (Å²) in [4.78, 5) is 18.0. The van der Waals surface area contributed by atoms with E-state index in [2.05, 4.69) is 25.7 Å². The van der Waals surface area contributed by atoms with Crippen molar-refractivity contribution in [3.05, 3.63) is 101 Å². The van der Waals surface area contributed by atoms with Crippen LogP contribution in [0.3, 0.4) is 0 Å². The fourth-order valence-corrected chi connectivity index (χ4v) is 6.21. The Morgan fingerprint density at radius 1 is 1.07 bits per heavy atom. The number of anilines is 2. The van der Waals surface area contributed by atoms with E-state index < -0.39 is 16.0 Å². The number of hydrogen-bond donors (Lipinski definition) is 3. The summed E-state index contributed by atoms with van der Waals surface area (Å²) < 4.78 is 33.9. The van der Waals surface area contributed by atoms with Gasteiger partial charge in [0, 0.05) is 35.0 Å². The highest BCUT2D eigenvalue weighted by Gasteiger charge is 2.42. The van der Waals surface area contributed by atoms with Gasteiger partial charge in [0.1, 0.15) is 5.75 Å². The SMILES string of the molecule is COc1cc(N2C(=S)N[C@H](c3ccccn3)[C@H]2c2cc(C)n(-c3ccc(C(=O)O)cc3)c2C)ccc1NS(C)(=O)=O. The molecule has 2 aromatic heterocycles. The average Bonchev–Trinajstić information content (AvgIpc) is 3.43. The molecule has 4 aromatic rings. The van der Waals surface area contributed by atoms with E-state index in [1.807, 2.05) is 36.9 Å². The zero-order chi connectivity index (χ0) is 29.5. The van der Waals surface area contributed by atoms with Crippen LogP contribution in [-0.2, 0) is 10.0 Å².